The molecule has 9 nitrogen and oxygen atoms in total. The number of alkyl halides is 1. The maximum absolute atomic E-state index is 15.7. The van der Waals surface area contributed by atoms with Gasteiger partial charge in [0.2, 0.25) is 5.91 Å². The first-order chi connectivity index (χ1) is 18.0. The molecule has 3 aliphatic rings. The summed E-state index contributed by atoms with van der Waals surface area (Å²) in [6.45, 7) is 8.71. The van der Waals surface area contributed by atoms with Gasteiger partial charge in [0, 0.05) is 87.4 Å². The van der Waals surface area contributed by atoms with Gasteiger partial charge >= 0.3 is 12.1 Å². The number of hydrogen-bond donors (Lipinski definition) is 1. The first-order valence-electron chi connectivity index (χ1n) is 13.6. The topological polar surface area (TPSA) is 87.1 Å². The summed E-state index contributed by atoms with van der Waals surface area (Å²) in [6, 6.07) is 7.97. The Bertz CT molecular complexity index is 1210. The number of anilines is 1. The number of carbonyl (C=O) groups excluding carboxylic acids is 3. The highest BCUT2D eigenvalue weighted by atomic mass is 19.1. The van der Waals surface area contributed by atoms with Gasteiger partial charge in [-0.05, 0) is 57.9 Å². The number of aromatic nitrogens is 1. The quantitative estimate of drug-likeness (QED) is 0.634. The molecule has 0 saturated carbocycles. The number of halogens is 1. The van der Waals surface area contributed by atoms with Crippen LogP contribution in [0, 0.1) is 0 Å². The second kappa shape index (κ2) is 10.2. The number of likely N-dealkylation sites (tertiary alicyclic amines) is 2. The van der Waals surface area contributed by atoms with E-state index in [1.807, 2.05) is 39.0 Å². The van der Waals surface area contributed by atoms with Gasteiger partial charge < -0.3 is 19.1 Å². The lowest BCUT2D eigenvalue weighted by Crippen LogP contribution is -2.51. The summed E-state index contributed by atoms with van der Waals surface area (Å²) in [5.41, 5.74) is 0.0516. The minimum atomic E-state index is -1.28. The van der Waals surface area contributed by atoms with Crippen LogP contribution >= 0.6 is 0 Å². The largest absolute Gasteiger partial charge is 0.444 e. The Hall–Kier alpha value is -3.14. The van der Waals surface area contributed by atoms with Crippen molar-refractivity contribution in [3.05, 3.63) is 30.5 Å². The van der Waals surface area contributed by atoms with Gasteiger partial charge in [-0.3, -0.25) is 15.0 Å². The minimum absolute atomic E-state index is 0.241. The zero-order valence-electron chi connectivity index (χ0n) is 22.5. The maximum Gasteiger partial charge on any atom is 0.410 e. The Morgan fingerprint density at radius 2 is 1.79 bits per heavy atom. The molecule has 3 saturated heterocycles. The van der Waals surface area contributed by atoms with E-state index in [1.54, 1.807) is 9.80 Å². The molecule has 4 amide bonds. The smallest absolute Gasteiger partial charge is 0.410 e. The van der Waals surface area contributed by atoms with Gasteiger partial charge in [0.05, 0.1) is 0 Å². The number of fused-ring (bicyclic) bond motifs is 1. The number of hydrogen-bond acceptors (Lipinski definition) is 5. The molecular weight excluding hydrogens is 489 g/mol. The third kappa shape index (κ3) is 5.80. The molecule has 0 atom stereocenters. The van der Waals surface area contributed by atoms with Crippen molar-refractivity contribution >= 4 is 34.6 Å². The molecule has 0 bridgehead atoms. The summed E-state index contributed by atoms with van der Waals surface area (Å²) in [7, 11) is 0. The number of rotatable bonds is 4. The van der Waals surface area contributed by atoms with Crippen molar-refractivity contribution in [1.29, 1.82) is 0 Å². The van der Waals surface area contributed by atoms with Gasteiger partial charge in [0.15, 0.2) is 0 Å². The highest BCUT2D eigenvalue weighted by Gasteiger charge is 2.39. The molecule has 0 radical (unpaired) electrons. The van der Waals surface area contributed by atoms with E-state index in [2.05, 4.69) is 27.0 Å². The fraction of sp³-hybridized carbons (Fsp3) is 0.607. The van der Waals surface area contributed by atoms with Crippen LogP contribution in [0.5, 0.6) is 0 Å². The molecule has 0 unspecified atom stereocenters. The molecule has 1 aromatic carbocycles. The Morgan fingerprint density at radius 3 is 2.45 bits per heavy atom. The fourth-order valence-corrected chi connectivity index (χ4v) is 5.78. The molecular formula is C28H38FN5O4. The fourth-order valence-electron chi connectivity index (χ4n) is 5.78. The van der Waals surface area contributed by atoms with Crippen LogP contribution in [0.15, 0.2) is 30.5 Å². The second-order valence-electron chi connectivity index (χ2n) is 11.8. The number of imide groups is 1. The monoisotopic (exact) mass is 527 g/mol. The predicted molar refractivity (Wildman–Crippen MR) is 143 cm³/mol. The number of ether oxygens (including phenoxy) is 1. The van der Waals surface area contributed by atoms with E-state index in [9.17, 15) is 14.4 Å². The first-order valence-corrected chi connectivity index (χ1v) is 13.6. The second-order valence-corrected chi connectivity index (χ2v) is 11.8. The molecule has 10 heteroatoms. The molecule has 0 aliphatic carbocycles. The number of amides is 4. The molecule has 206 valence electrons. The van der Waals surface area contributed by atoms with Gasteiger partial charge in [0.1, 0.15) is 11.3 Å². The zero-order chi connectivity index (χ0) is 27.1. The highest BCUT2D eigenvalue weighted by molar-refractivity contribution is 6.06. The van der Waals surface area contributed by atoms with E-state index in [4.69, 9.17) is 4.74 Å². The van der Waals surface area contributed by atoms with Gasteiger partial charge in [-0.1, -0.05) is 0 Å². The van der Waals surface area contributed by atoms with Gasteiger partial charge in [-0.25, -0.2) is 14.0 Å². The molecule has 4 heterocycles. The molecule has 5 rings (SSSR count). The number of benzene rings is 1. The van der Waals surface area contributed by atoms with Crippen LogP contribution in [0.4, 0.5) is 19.7 Å². The molecule has 3 fully saturated rings. The normalized spacial score (nSPS) is 21.6. The number of piperidine rings is 2. The van der Waals surface area contributed by atoms with E-state index >= 15 is 4.39 Å². The van der Waals surface area contributed by atoms with Crippen LogP contribution in [0.3, 0.4) is 0 Å². The van der Waals surface area contributed by atoms with Crippen LogP contribution in [0.25, 0.3) is 10.9 Å². The zero-order valence-corrected chi connectivity index (χ0v) is 22.5. The maximum atomic E-state index is 15.7. The van der Waals surface area contributed by atoms with Crippen LogP contribution in [0.1, 0.15) is 58.9 Å². The molecule has 3 aliphatic heterocycles. The summed E-state index contributed by atoms with van der Waals surface area (Å²) < 4.78 is 23.4. The Morgan fingerprint density at radius 1 is 1.08 bits per heavy atom. The lowest BCUT2D eigenvalue weighted by molar-refractivity contribution is -0.120. The van der Waals surface area contributed by atoms with E-state index in [0.29, 0.717) is 51.5 Å². The SMILES string of the molecule is CC(C)(C)OC(=O)N1CCC(F)(CN2CCC(n3ccc4cc(N5CCC(=O)NC5=O)ccc43)CC2)CC1. The van der Waals surface area contributed by atoms with Crippen LogP contribution in [-0.4, -0.2) is 82.9 Å². The Kier molecular flexibility index (Phi) is 7.11. The summed E-state index contributed by atoms with van der Waals surface area (Å²) in [6.07, 6.45) is 4.56. The molecule has 38 heavy (non-hydrogen) atoms. The summed E-state index contributed by atoms with van der Waals surface area (Å²) in [5, 5.41) is 3.42. The molecule has 1 aromatic heterocycles. The summed E-state index contributed by atoms with van der Waals surface area (Å²) in [5.74, 6) is -0.241. The van der Waals surface area contributed by atoms with E-state index in [-0.39, 0.29) is 18.0 Å². The van der Waals surface area contributed by atoms with E-state index < -0.39 is 11.3 Å². The van der Waals surface area contributed by atoms with Crippen LogP contribution in [-0.2, 0) is 9.53 Å². The average Bonchev–Trinajstić information content (AvgIpc) is 3.27. The number of nitrogens with one attached hydrogen (secondary N) is 1. The number of carbonyl (C=O) groups is 3. The Labute approximate surface area is 222 Å². The van der Waals surface area contributed by atoms with Gasteiger partial charge in [-0.15, -0.1) is 0 Å². The van der Waals surface area contributed by atoms with Crippen molar-refractivity contribution in [3.8, 4) is 0 Å². The van der Waals surface area contributed by atoms with Crippen molar-refractivity contribution in [3.63, 3.8) is 0 Å². The first kappa shape index (κ1) is 26.5. The number of urea groups is 1. The van der Waals surface area contributed by atoms with Crippen molar-refractivity contribution in [1.82, 2.24) is 19.7 Å². The van der Waals surface area contributed by atoms with Gasteiger partial charge in [-0.2, -0.15) is 0 Å². The predicted octanol–water partition coefficient (Wildman–Crippen LogP) is 4.46. The standard InChI is InChI=1S/C28H38FN5O4/c1-27(2,3)38-26(37)32-16-10-28(29,11-17-32)19-31-12-7-21(8-13-31)33-14-6-20-18-22(4-5-23(20)33)34-15-9-24(35)30-25(34)36/h4-6,14,18,21H,7-13,15-17,19H2,1-3H3,(H,30,35,36). The molecule has 1 N–H and O–H groups in total. The van der Waals surface area contributed by atoms with Crippen LogP contribution < -0.4 is 10.2 Å². The Balaban J connectivity index is 1.15. The van der Waals surface area contributed by atoms with Crippen molar-refractivity contribution in [2.75, 3.05) is 44.2 Å². The van der Waals surface area contributed by atoms with Crippen molar-refractivity contribution in [2.24, 2.45) is 0 Å². The lowest BCUT2D eigenvalue weighted by Gasteiger charge is -2.41. The van der Waals surface area contributed by atoms with Crippen molar-refractivity contribution < 1.29 is 23.5 Å². The van der Waals surface area contributed by atoms with E-state index in [0.717, 1.165) is 42.5 Å². The molecule has 0 spiro atoms. The van der Waals surface area contributed by atoms with Gasteiger partial charge in [0.25, 0.3) is 0 Å². The molecule has 2 aromatic rings. The number of nitrogens with zero attached hydrogens (tertiary/aromatic N) is 4. The summed E-state index contributed by atoms with van der Waals surface area (Å²) in [4.78, 5) is 41.4. The van der Waals surface area contributed by atoms with E-state index in [1.165, 1.54) is 0 Å². The highest BCUT2D eigenvalue weighted by Crippen LogP contribution is 2.33. The van der Waals surface area contributed by atoms with Crippen LogP contribution in [0.2, 0.25) is 0 Å². The third-order valence-corrected chi connectivity index (χ3v) is 7.84. The lowest BCUT2D eigenvalue weighted by atomic mass is 9.91. The third-order valence-electron chi connectivity index (χ3n) is 7.84. The summed E-state index contributed by atoms with van der Waals surface area (Å²) >= 11 is 0. The average molecular weight is 528 g/mol. The van der Waals surface area contributed by atoms with Crippen molar-refractivity contribution in [2.45, 2.75) is 70.2 Å². The minimum Gasteiger partial charge on any atom is -0.444 e.